The molecule has 0 fully saturated rings. The van der Waals surface area contributed by atoms with Crippen LogP contribution in [0.25, 0.3) is 11.1 Å². The molecule has 0 spiro atoms. The molecular weight excluding hydrogens is 288 g/mol. The van der Waals surface area contributed by atoms with Crippen molar-refractivity contribution in [2.24, 2.45) is 0 Å². The van der Waals surface area contributed by atoms with E-state index in [2.05, 4.69) is 78.9 Å². The predicted octanol–water partition coefficient (Wildman–Crippen LogP) is 6.77. The highest BCUT2D eigenvalue weighted by Gasteiger charge is 2.13. The second-order valence-electron chi connectivity index (χ2n) is 6.83. The van der Waals surface area contributed by atoms with Gasteiger partial charge in [0.1, 0.15) is 0 Å². The van der Waals surface area contributed by atoms with E-state index in [-0.39, 0.29) is 0 Å². The van der Waals surface area contributed by atoms with Crippen LogP contribution >= 0.6 is 0 Å². The summed E-state index contributed by atoms with van der Waals surface area (Å²) in [7, 11) is 0. The summed E-state index contributed by atoms with van der Waals surface area (Å²) in [6.07, 6.45) is 15.7. The first-order valence-corrected chi connectivity index (χ1v) is 9.13. The lowest BCUT2D eigenvalue weighted by molar-refractivity contribution is 0.742. The number of rotatable bonds is 3. The van der Waals surface area contributed by atoms with Gasteiger partial charge in [-0.1, -0.05) is 78.9 Å². The third kappa shape index (κ3) is 3.28. The van der Waals surface area contributed by atoms with Crippen molar-refractivity contribution >= 4 is 11.1 Å². The smallest absolute Gasteiger partial charge is 0.00617 e. The van der Waals surface area contributed by atoms with Gasteiger partial charge in [-0.2, -0.15) is 0 Å². The highest BCUT2D eigenvalue weighted by atomic mass is 14.2. The molecule has 0 saturated carbocycles. The molecule has 1 unspecified atom stereocenters. The minimum Gasteiger partial charge on any atom is -0.0830 e. The second-order valence-corrected chi connectivity index (χ2v) is 6.83. The van der Waals surface area contributed by atoms with Gasteiger partial charge in [0.15, 0.2) is 0 Å². The highest BCUT2D eigenvalue weighted by Crippen LogP contribution is 2.32. The Morgan fingerprint density at radius 1 is 0.792 bits per heavy atom. The molecule has 0 bridgehead atoms. The van der Waals surface area contributed by atoms with Crippen molar-refractivity contribution in [3.63, 3.8) is 0 Å². The molecule has 1 atom stereocenters. The Bertz CT molecular complexity index is 773. The summed E-state index contributed by atoms with van der Waals surface area (Å²) in [5.41, 5.74) is 7.01. The van der Waals surface area contributed by atoms with Gasteiger partial charge in [-0.05, 0) is 59.9 Å². The van der Waals surface area contributed by atoms with Crippen molar-refractivity contribution in [3.05, 3.63) is 95.6 Å². The van der Waals surface area contributed by atoms with E-state index >= 15 is 0 Å². The van der Waals surface area contributed by atoms with Gasteiger partial charge in [0, 0.05) is 5.92 Å². The minimum absolute atomic E-state index is 0.493. The monoisotopic (exact) mass is 312 g/mol. The van der Waals surface area contributed by atoms with Crippen molar-refractivity contribution < 1.29 is 0 Å². The van der Waals surface area contributed by atoms with Crippen LogP contribution in [-0.2, 0) is 0 Å². The largest absolute Gasteiger partial charge is 0.0830 e. The van der Waals surface area contributed by atoms with Crippen LogP contribution in [0.4, 0.5) is 0 Å². The zero-order valence-electron chi connectivity index (χ0n) is 14.1. The molecular formula is C24H24. The van der Waals surface area contributed by atoms with Gasteiger partial charge in [0.25, 0.3) is 0 Å². The summed E-state index contributed by atoms with van der Waals surface area (Å²) in [5.74, 6) is 0.493. The zero-order valence-corrected chi connectivity index (χ0v) is 14.1. The lowest BCUT2D eigenvalue weighted by Crippen LogP contribution is -1.99. The maximum absolute atomic E-state index is 2.42. The van der Waals surface area contributed by atoms with E-state index in [0.29, 0.717) is 5.92 Å². The van der Waals surface area contributed by atoms with Gasteiger partial charge < -0.3 is 0 Å². The van der Waals surface area contributed by atoms with Crippen LogP contribution in [0.2, 0.25) is 0 Å². The Kier molecular flexibility index (Phi) is 4.46. The predicted molar refractivity (Wildman–Crippen MR) is 104 cm³/mol. The Morgan fingerprint density at radius 2 is 1.58 bits per heavy atom. The summed E-state index contributed by atoms with van der Waals surface area (Å²) in [6, 6.07) is 20.0. The molecule has 2 aromatic rings. The van der Waals surface area contributed by atoms with E-state index in [4.69, 9.17) is 0 Å². The Balaban J connectivity index is 1.57. The molecule has 0 saturated heterocycles. The second kappa shape index (κ2) is 7.05. The van der Waals surface area contributed by atoms with Crippen LogP contribution in [0.1, 0.15) is 54.7 Å². The van der Waals surface area contributed by atoms with Gasteiger partial charge in [0.05, 0.1) is 0 Å². The molecule has 0 N–H and O–H groups in total. The van der Waals surface area contributed by atoms with Crippen molar-refractivity contribution in [1.29, 1.82) is 0 Å². The van der Waals surface area contributed by atoms with Crippen molar-refractivity contribution in [3.8, 4) is 0 Å². The van der Waals surface area contributed by atoms with E-state index in [9.17, 15) is 0 Å². The summed E-state index contributed by atoms with van der Waals surface area (Å²) >= 11 is 0. The van der Waals surface area contributed by atoms with E-state index < -0.39 is 0 Å². The maximum atomic E-state index is 2.42. The van der Waals surface area contributed by atoms with Gasteiger partial charge >= 0.3 is 0 Å². The molecule has 0 radical (unpaired) electrons. The van der Waals surface area contributed by atoms with Crippen LogP contribution in [0, 0.1) is 0 Å². The molecule has 0 heterocycles. The van der Waals surface area contributed by atoms with Crippen LogP contribution in [0.5, 0.6) is 0 Å². The third-order valence-electron chi connectivity index (χ3n) is 5.18. The van der Waals surface area contributed by atoms with E-state index in [1.165, 1.54) is 53.5 Å². The molecule has 0 amide bonds. The number of allylic oxidation sites excluding steroid dienone is 6. The molecule has 2 aliphatic carbocycles. The molecule has 0 heteroatoms. The SMILES string of the molecule is C1=CC(c2ccc(C3=CCCCC3)cc2)=CC(c2ccccc2)C1. The third-order valence-corrected chi connectivity index (χ3v) is 5.18. The number of hydrogen-bond acceptors (Lipinski definition) is 0. The fourth-order valence-electron chi connectivity index (χ4n) is 3.78. The maximum Gasteiger partial charge on any atom is 0.00617 e. The van der Waals surface area contributed by atoms with Crippen molar-refractivity contribution in [1.82, 2.24) is 0 Å². The average molecular weight is 312 g/mol. The topological polar surface area (TPSA) is 0 Å². The van der Waals surface area contributed by atoms with Gasteiger partial charge in [0.2, 0.25) is 0 Å². The summed E-state index contributed by atoms with van der Waals surface area (Å²) in [6.45, 7) is 0. The van der Waals surface area contributed by atoms with Crippen molar-refractivity contribution in [2.45, 2.75) is 38.0 Å². The summed E-state index contributed by atoms with van der Waals surface area (Å²) in [4.78, 5) is 0. The van der Waals surface area contributed by atoms with Crippen LogP contribution in [0.15, 0.2) is 78.9 Å². The quantitative estimate of drug-likeness (QED) is 0.586. The van der Waals surface area contributed by atoms with Gasteiger partial charge in [-0.25, -0.2) is 0 Å². The molecule has 120 valence electrons. The fourth-order valence-corrected chi connectivity index (χ4v) is 3.78. The first-order chi connectivity index (χ1) is 11.9. The molecule has 4 rings (SSSR count). The van der Waals surface area contributed by atoms with Crippen LogP contribution < -0.4 is 0 Å². The lowest BCUT2D eigenvalue weighted by Gasteiger charge is -2.18. The summed E-state index contributed by atoms with van der Waals surface area (Å²) in [5, 5.41) is 0. The first-order valence-electron chi connectivity index (χ1n) is 9.13. The number of hydrogen-bond donors (Lipinski definition) is 0. The average Bonchev–Trinajstić information content (AvgIpc) is 2.70. The summed E-state index contributed by atoms with van der Waals surface area (Å²) < 4.78 is 0. The Morgan fingerprint density at radius 3 is 2.33 bits per heavy atom. The molecule has 24 heavy (non-hydrogen) atoms. The lowest BCUT2D eigenvalue weighted by atomic mass is 9.87. The molecule has 0 aromatic heterocycles. The number of benzene rings is 2. The first kappa shape index (κ1) is 15.2. The molecule has 2 aliphatic rings. The highest BCUT2D eigenvalue weighted by molar-refractivity contribution is 5.77. The standard InChI is InChI=1S/C24H24/c1-3-8-19(9-4-1)21-14-16-22(17-15-21)24-13-7-12-23(18-24)20-10-5-2-6-11-20/h2,5-8,10-11,13-18,23H,1,3-4,9,12H2. The molecule has 0 nitrogen and oxygen atoms in total. The zero-order chi connectivity index (χ0) is 16.2. The van der Waals surface area contributed by atoms with Crippen LogP contribution in [-0.4, -0.2) is 0 Å². The van der Waals surface area contributed by atoms with E-state index in [1.807, 2.05) is 0 Å². The van der Waals surface area contributed by atoms with E-state index in [1.54, 1.807) is 0 Å². The van der Waals surface area contributed by atoms with Crippen molar-refractivity contribution in [2.75, 3.05) is 0 Å². The fraction of sp³-hybridized carbons (Fsp3) is 0.250. The van der Waals surface area contributed by atoms with Gasteiger partial charge in [-0.15, -0.1) is 0 Å². The van der Waals surface area contributed by atoms with Gasteiger partial charge in [-0.3, -0.25) is 0 Å². The Labute approximate surface area is 145 Å². The van der Waals surface area contributed by atoms with E-state index in [0.717, 1.165) is 6.42 Å². The Hall–Kier alpha value is -2.34. The van der Waals surface area contributed by atoms with Crippen LogP contribution in [0.3, 0.4) is 0 Å². The molecule has 0 aliphatic heterocycles. The minimum atomic E-state index is 0.493. The normalized spacial score (nSPS) is 20.4. The molecule has 2 aromatic carbocycles.